The van der Waals surface area contributed by atoms with E-state index in [9.17, 15) is 13.9 Å². The summed E-state index contributed by atoms with van der Waals surface area (Å²) < 4.78 is 24.0. The van der Waals surface area contributed by atoms with Crippen LogP contribution in [0.15, 0.2) is 0 Å². The van der Waals surface area contributed by atoms with Crippen LogP contribution in [0.2, 0.25) is 0 Å². The molecule has 1 fully saturated rings. The molecule has 0 N–H and O–H groups in total. The number of alkyl halides is 2. The second-order valence-electron chi connectivity index (χ2n) is 2.54. The maximum absolute atomic E-state index is 12.0. The van der Waals surface area contributed by atoms with E-state index in [0.717, 1.165) is 0 Å². The van der Waals surface area contributed by atoms with Crippen LogP contribution in [-0.4, -0.2) is 6.11 Å². The Morgan fingerprint density at radius 3 is 2.20 bits per heavy atom. The fraction of sp³-hybridized carbons (Fsp3) is 0.714. The molecule has 0 saturated heterocycles. The van der Waals surface area contributed by atoms with E-state index in [1.165, 1.54) is 0 Å². The summed E-state index contributed by atoms with van der Waals surface area (Å²) in [6.45, 7) is 0. The minimum absolute atomic E-state index is 0.225. The van der Waals surface area contributed by atoms with Crippen LogP contribution in [0.25, 0.3) is 0 Å². The highest BCUT2D eigenvalue weighted by atomic mass is 19.3. The second-order valence-corrected chi connectivity index (χ2v) is 2.54. The van der Waals surface area contributed by atoms with E-state index in [2.05, 4.69) is 0 Å². The van der Waals surface area contributed by atoms with Crippen molar-refractivity contribution in [3.8, 4) is 12.3 Å². The topological polar surface area (TPSA) is 19.9 Å². The first-order valence-corrected chi connectivity index (χ1v) is 3.10. The van der Waals surface area contributed by atoms with Crippen LogP contribution in [0.5, 0.6) is 0 Å². The van der Waals surface area contributed by atoms with Crippen LogP contribution < -0.4 is 0 Å². The molecule has 3 heteroatoms. The molecule has 1 aliphatic rings. The normalized spacial score (nSPS) is 21.8. The first-order valence-electron chi connectivity index (χ1n) is 3.10. The van der Waals surface area contributed by atoms with Crippen LogP contribution >= 0.6 is 0 Å². The molecule has 1 radical (unpaired) electrons. The van der Waals surface area contributed by atoms with Crippen LogP contribution in [0, 0.1) is 24.2 Å². The summed E-state index contributed by atoms with van der Waals surface area (Å²) in [7, 11) is 0. The Morgan fingerprint density at radius 2 is 2.10 bits per heavy atom. The summed E-state index contributed by atoms with van der Waals surface area (Å²) in [5, 5.41) is 10.0. The van der Waals surface area contributed by atoms with Gasteiger partial charge in [-0.2, -0.15) is 13.9 Å². The molecule has 55 valence electrons. The first-order chi connectivity index (χ1) is 4.55. The lowest BCUT2D eigenvalue weighted by atomic mass is 10.0. The van der Waals surface area contributed by atoms with Gasteiger partial charge in [0.1, 0.15) is 5.92 Å². The molecule has 0 heterocycles. The van der Waals surface area contributed by atoms with Crippen molar-refractivity contribution in [1.82, 2.24) is 0 Å². The van der Waals surface area contributed by atoms with E-state index < -0.39 is 12.0 Å². The van der Waals surface area contributed by atoms with Gasteiger partial charge in [0.25, 0.3) is 0 Å². The van der Waals surface area contributed by atoms with Crippen LogP contribution in [0.3, 0.4) is 0 Å². The van der Waals surface area contributed by atoms with Gasteiger partial charge in [0.15, 0.2) is 0 Å². The summed E-state index contributed by atoms with van der Waals surface area (Å²) in [6.07, 6.45) is 2.18. The summed E-state index contributed by atoms with van der Waals surface area (Å²) in [5.74, 6) is 0.235. The van der Waals surface area contributed by atoms with Crippen LogP contribution in [-0.2, 0) is 5.11 Å². The highest BCUT2D eigenvalue weighted by Gasteiger charge is 2.47. The molecule has 0 aromatic rings. The largest absolute Gasteiger partial charge is 0.395 e. The quantitative estimate of drug-likeness (QED) is 0.527. The van der Waals surface area contributed by atoms with Crippen molar-refractivity contribution in [2.24, 2.45) is 11.8 Å². The average Bonchev–Trinajstić information content (AvgIpc) is 2.46. The Kier molecular flexibility index (Phi) is 1.65. The summed E-state index contributed by atoms with van der Waals surface area (Å²) in [4.78, 5) is 0. The fourth-order valence-corrected chi connectivity index (χ4v) is 0.937. The Bertz CT molecular complexity index is 161. The zero-order valence-corrected chi connectivity index (χ0v) is 5.31. The third-order valence-electron chi connectivity index (χ3n) is 1.64. The second kappa shape index (κ2) is 2.21. The molecule has 1 unspecified atom stereocenters. The van der Waals surface area contributed by atoms with Crippen LogP contribution in [0.1, 0.15) is 12.8 Å². The highest BCUT2D eigenvalue weighted by molar-refractivity contribution is 5.03. The van der Waals surface area contributed by atoms with E-state index >= 15 is 0 Å². The molecule has 10 heavy (non-hydrogen) atoms. The molecule has 1 nitrogen and oxygen atoms in total. The molecule has 0 aromatic carbocycles. The van der Waals surface area contributed by atoms with Gasteiger partial charge in [0.05, 0.1) is 0 Å². The van der Waals surface area contributed by atoms with Gasteiger partial charge in [-0.15, -0.1) is 6.42 Å². The van der Waals surface area contributed by atoms with Gasteiger partial charge >= 0.3 is 6.11 Å². The van der Waals surface area contributed by atoms with Crippen molar-refractivity contribution in [3.63, 3.8) is 0 Å². The van der Waals surface area contributed by atoms with E-state index in [4.69, 9.17) is 6.42 Å². The van der Waals surface area contributed by atoms with E-state index in [1.54, 1.807) is 0 Å². The number of rotatable bonds is 2. The Labute approximate surface area is 58.0 Å². The summed E-state index contributed by atoms with van der Waals surface area (Å²) in [6, 6.07) is 0. The molecule has 1 rings (SSSR count). The minimum atomic E-state index is -3.93. The molecule has 0 aromatic heterocycles. The number of halogens is 2. The third kappa shape index (κ3) is 1.45. The van der Waals surface area contributed by atoms with Crippen molar-refractivity contribution in [1.29, 1.82) is 0 Å². The number of hydrogen-bond donors (Lipinski definition) is 0. The lowest BCUT2D eigenvalue weighted by molar-refractivity contribution is -0.267. The van der Waals surface area contributed by atoms with Gasteiger partial charge in [-0.05, 0) is 18.8 Å². The van der Waals surface area contributed by atoms with E-state index in [1.807, 2.05) is 5.92 Å². The fourth-order valence-electron chi connectivity index (χ4n) is 0.937. The van der Waals surface area contributed by atoms with Crippen LogP contribution in [0.4, 0.5) is 8.78 Å². The molecular formula is C7H7F2O. The zero-order valence-electron chi connectivity index (χ0n) is 5.31. The van der Waals surface area contributed by atoms with Crippen molar-refractivity contribution in [2.45, 2.75) is 19.0 Å². The lowest BCUT2D eigenvalue weighted by Crippen LogP contribution is -2.26. The summed E-state index contributed by atoms with van der Waals surface area (Å²) in [5.41, 5.74) is 0. The average molecular weight is 145 g/mol. The van der Waals surface area contributed by atoms with E-state index in [-0.39, 0.29) is 5.92 Å². The first kappa shape index (κ1) is 7.49. The standard InChI is InChI=1S/C7H7F2O/c1-2-6(5-3-4-5)7(8,9)10/h1,5-6H,3-4H2. The van der Waals surface area contributed by atoms with Crippen molar-refractivity contribution in [3.05, 3.63) is 0 Å². The lowest BCUT2D eigenvalue weighted by Gasteiger charge is -2.12. The van der Waals surface area contributed by atoms with E-state index in [0.29, 0.717) is 12.8 Å². The molecule has 0 amide bonds. The molecule has 1 saturated carbocycles. The van der Waals surface area contributed by atoms with Gasteiger partial charge < -0.3 is 0 Å². The van der Waals surface area contributed by atoms with Crippen molar-refractivity contribution >= 4 is 0 Å². The molecule has 1 aliphatic carbocycles. The summed E-state index contributed by atoms with van der Waals surface area (Å²) >= 11 is 0. The Morgan fingerprint density at radius 1 is 1.60 bits per heavy atom. The molecular weight excluding hydrogens is 138 g/mol. The predicted molar refractivity (Wildman–Crippen MR) is 30.7 cm³/mol. The highest BCUT2D eigenvalue weighted by Crippen LogP contribution is 2.43. The Balaban J connectivity index is 2.57. The third-order valence-corrected chi connectivity index (χ3v) is 1.64. The van der Waals surface area contributed by atoms with Gasteiger partial charge in [-0.1, -0.05) is 5.92 Å². The number of hydrogen-bond acceptors (Lipinski definition) is 0. The zero-order chi connectivity index (χ0) is 7.78. The monoisotopic (exact) mass is 145 g/mol. The van der Waals surface area contributed by atoms with Crippen molar-refractivity contribution in [2.75, 3.05) is 0 Å². The van der Waals surface area contributed by atoms with Gasteiger partial charge in [-0.3, -0.25) is 0 Å². The maximum Gasteiger partial charge on any atom is 0.395 e. The van der Waals surface area contributed by atoms with Crippen molar-refractivity contribution < 1.29 is 13.9 Å². The van der Waals surface area contributed by atoms with Gasteiger partial charge in [0.2, 0.25) is 0 Å². The SMILES string of the molecule is C#CC(C1CC1)C([O])(F)F. The molecule has 0 spiro atoms. The minimum Gasteiger partial charge on any atom is -0.172 e. The molecule has 1 atom stereocenters. The predicted octanol–water partition coefficient (Wildman–Crippen LogP) is 1.67. The smallest absolute Gasteiger partial charge is 0.172 e. The van der Waals surface area contributed by atoms with Gasteiger partial charge in [-0.25, -0.2) is 0 Å². The molecule has 0 bridgehead atoms. The Hall–Kier alpha value is -0.620. The number of terminal acetylenes is 1. The molecule has 0 aliphatic heterocycles. The maximum atomic E-state index is 12.0. The van der Waals surface area contributed by atoms with Gasteiger partial charge in [0, 0.05) is 0 Å².